The van der Waals surface area contributed by atoms with Gasteiger partial charge in [0, 0.05) is 37.9 Å². The fourth-order valence-corrected chi connectivity index (χ4v) is 4.05. The van der Waals surface area contributed by atoms with Crippen molar-refractivity contribution >= 4 is 10.0 Å². The van der Waals surface area contributed by atoms with E-state index in [0.717, 1.165) is 0 Å². The monoisotopic (exact) mass is 369 g/mol. The largest absolute Gasteiger partial charge is 0.338 e. The lowest BCUT2D eigenvalue weighted by Gasteiger charge is -2.24. The van der Waals surface area contributed by atoms with E-state index in [2.05, 4.69) is 15.1 Å². The highest BCUT2D eigenvalue weighted by Gasteiger charge is 2.34. The summed E-state index contributed by atoms with van der Waals surface area (Å²) in [6.07, 6.45) is 4.38. The molecule has 3 rings (SSSR count). The van der Waals surface area contributed by atoms with Crippen molar-refractivity contribution < 1.29 is 17.3 Å². The summed E-state index contributed by atoms with van der Waals surface area (Å²) in [7, 11) is -3.45. The van der Waals surface area contributed by atoms with Crippen LogP contribution in [-0.4, -0.2) is 58.6 Å². The molecule has 1 aliphatic rings. The van der Waals surface area contributed by atoms with Crippen LogP contribution in [0.1, 0.15) is 29.7 Å². The summed E-state index contributed by atoms with van der Waals surface area (Å²) in [6, 6.07) is 1.12. The molecule has 0 N–H and O–H groups in total. The van der Waals surface area contributed by atoms with Gasteiger partial charge in [0.2, 0.25) is 15.9 Å². The molecule has 136 valence electrons. The van der Waals surface area contributed by atoms with Gasteiger partial charge in [0.25, 0.3) is 0 Å². The Hall–Kier alpha value is -1.91. The Kier molecular flexibility index (Phi) is 5.11. The number of nitrogens with zero attached hydrogens (tertiary/aromatic N) is 5. The van der Waals surface area contributed by atoms with Crippen molar-refractivity contribution in [2.45, 2.75) is 25.9 Å². The molecule has 10 heteroatoms. The van der Waals surface area contributed by atoms with Crippen molar-refractivity contribution in [3.8, 4) is 0 Å². The second-order valence-electron chi connectivity index (χ2n) is 6.10. The lowest BCUT2D eigenvalue weighted by Crippen LogP contribution is -2.36. The number of sulfonamides is 1. The van der Waals surface area contributed by atoms with Crippen molar-refractivity contribution in [1.29, 1.82) is 0 Å². The second kappa shape index (κ2) is 7.14. The molecule has 0 radical (unpaired) electrons. The topological polar surface area (TPSA) is 92.4 Å². The molecule has 1 aliphatic heterocycles. The number of rotatable bonds is 4. The number of aromatic nitrogens is 3. The normalized spacial score (nSPS) is 20.5. The van der Waals surface area contributed by atoms with Gasteiger partial charge in [-0.05, 0) is 19.4 Å². The summed E-state index contributed by atoms with van der Waals surface area (Å²) in [4.78, 5) is 9.95. The molecule has 3 heterocycles. The molecule has 8 nitrogen and oxygen atoms in total. The first kappa shape index (κ1) is 17.9. The van der Waals surface area contributed by atoms with E-state index in [9.17, 15) is 12.8 Å². The van der Waals surface area contributed by atoms with Crippen LogP contribution in [0.15, 0.2) is 23.0 Å². The molecule has 0 bridgehead atoms. The molecule has 2 aromatic heterocycles. The summed E-state index contributed by atoms with van der Waals surface area (Å²) in [6.45, 7) is 3.42. The molecule has 0 amide bonds. The Morgan fingerprint density at radius 3 is 2.80 bits per heavy atom. The van der Waals surface area contributed by atoms with Crippen LogP contribution in [0, 0.1) is 12.7 Å². The Morgan fingerprint density at radius 1 is 1.36 bits per heavy atom. The highest BCUT2D eigenvalue weighted by molar-refractivity contribution is 7.88. The summed E-state index contributed by atoms with van der Waals surface area (Å²) in [5.41, 5.74) is 0.535. The van der Waals surface area contributed by atoms with Crippen LogP contribution < -0.4 is 0 Å². The van der Waals surface area contributed by atoms with Gasteiger partial charge < -0.3 is 4.52 Å². The number of aryl methyl sites for hydroxylation is 1. The van der Waals surface area contributed by atoms with Crippen LogP contribution in [0.2, 0.25) is 0 Å². The summed E-state index contributed by atoms with van der Waals surface area (Å²) >= 11 is 0. The highest BCUT2D eigenvalue weighted by Crippen LogP contribution is 2.28. The van der Waals surface area contributed by atoms with Crippen LogP contribution in [0.4, 0.5) is 4.39 Å². The predicted octanol–water partition coefficient (Wildman–Crippen LogP) is 1.12. The number of hydrogen-bond acceptors (Lipinski definition) is 7. The highest BCUT2D eigenvalue weighted by atomic mass is 32.2. The van der Waals surface area contributed by atoms with Crippen LogP contribution in [0.5, 0.6) is 0 Å². The van der Waals surface area contributed by atoms with Crippen LogP contribution >= 0.6 is 0 Å². The van der Waals surface area contributed by atoms with Crippen LogP contribution in [0.25, 0.3) is 0 Å². The Labute approximate surface area is 145 Å². The van der Waals surface area contributed by atoms with Crippen molar-refractivity contribution in [3.63, 3.8) is 0 Å². The molecule has 1 atom stereocenters. The van der Waals surface area contributed by atoms with E-state index in [1.807, 2.05) is 4.90 Å². The smallest absolute Gasteiger partial charge is 0.245 e. The second-order valence-corrected chi connectivity index (χ2v) is 8.04. The van der Waals surface area contributed by atoms with Gasteiger partial charge in [0.15, 0.2) is 5.82 Å². The van der Waals surface area contributed by atoms with Gasteiger partial charge in [0.1, 0.15) is 11.9 Å². The van der Waals surface area contributed by atoms with Crippen molar-refractivity contribution in [2.24, 2.45) is 0 Å². The van der Waals surface area contributed by atoms with Gasteiger partial charge in [-0.15, -0.1) is 0 Å². The maximum absolute atomic E-state index is 13.8. The zero-order valence-electron chi connectivity index (χ0n) is 14.1. The van der Waals surface area contributed by atoms with E-state index in [1.165, 1.54) is 16.8 Å². The Bertz CT molecular complexity index is 841. The molecular weight excluding hydrogens is 349 g/mol. The minimum atomic E-state index is -3.45. The molecule has 0 aliphatic carbocycles. The zero-order chi connectivity index (χ0) is 18.0. The zero-order valence-corrected chi connectivity index (χ0v) is 14.9. The first-order valence-electron chi connectivity index (χ1n) is 7.92. The third-order valence-electron chi connectivity index (χ3n) is 4.21. The molecule has 0 aromatic carbocycles. The number of hydrogen-bond donors (Lipinski definition) is 0. The summed E-state index contributed by atoms with van der Waals surface area (Å²) < 4.78 is 44.8. The summed E-state index contributed by atoms with van der Waals surface area (Å²) in [5, 5.41) is 3.76. The average Bonchev–Trinajstić information content (AvgIpc) is 2.85. The fourth-order valence-electron chi connectivity index (χ4n) is 2.98. The van der Waals surface area contributed by atoms with Gasteiger partial charge in [-0.3, -0.25) is 9.88 Å². The fraction of sp³-hybridized carbons (Fsp3) is 0.533. The predicted molar refractivity (Wildman–Crippen MR) is 87.4 cm³/mol. The van der Waals surface area contributed by atoms with E-state index >= 15 is 0 Å². The molecule has 1 unspecified atom stereocenters. The lowest BCUT2D eigenvalue weighted by molar-refractivity contribution is 0.257. The van der Waals surface area contributed by atoms with Gasteiger partial charge in [0.05, 0.1) is 12.5 Å². The molecule has 25 heavy (non-hydrogen) atoms. The first-order chi connectivity index (χ1) is 11.8. The third kappa shape index (κ3) is 4.20. The van der Waals surface area contributed by atoms with Gasteiger partial charge in [-0.25, -0.2) is 12.8 Å². The minimum absolute atomic E-state index is 0.275. The van der Waals surface area contributed by atoms with Crippen LogP contribution in [0.3, 0.4) is 0 Å². The van der Waals surface area contributed by atoms with E-state index in [-0.39, 0.29) is 12.4 Å². The first-order valence-corrected chi connectivity index (χ1v) is 9.77. The minimum Gasteiger partial charge on any atom is -0.338 e. The molecule has 1 fully saturated rings. The van der Waals surface area contributed by atoms with E-state index in [0.29, 0.717) is 43.3 Å². The maximum atomic E-state index is 13.8. The quantitative estimate of drug-likeness (QED) is 0.797. The number of halogens is 1. The molecular formula is C15H20FN5O3S. The average molecular weight is 369 g/mol. The van der Waals surface area contributed by atoms with Crippen molar-refractivity contribution in [2.75, 3.05) is 25.9 Å². The van der Waals surface area contributed by atoms with Gasteiger partial charge >= 0.3 is 0 Å². The lowest BCUT2D eigenvalue weighted by atomic mass is 10.2. The Balaban J connectivity index is 1.81. The van der Waals surface area contributed by atoms with Crippen molar-refractivity contribution in [1.82, 2.24) is 24.3 Å². The van der Waals surface area contributed by atoms with Gasteiger partial charge in [-0.2, -0.15) is 9.29 Å². The third-order valence-corrected chi connectivity index (χ3v) is 5.50. The molecule has 0 saturated carbocycles. The standard InChI is InChI=1S/C15H20FN5O3S/c1-11-18-15(24-19-11)14-4-6-20(7-8-21(14)25(2,22)23)10-12-3-5-17-9-13(12)16/h3,5,9,14H,4,6-8,10H2,1-2H3. The van der Waals surface area contributed by atoms with Crippen LogP contribution in [-0.2, 0) is 16.6 Å². The van der Waals surface area contributed by atoms with E-state index < -0.39 is 16.1 Å². The van der Waals surface area contributed by atoms with Crippen molar-refractivity contribution in [3.05, 3.63) is 41.6 Å². The molecule has 0 spiro atoms. The molecule has 1 saturated heterocycles. The Morgan fingerprint density at radius 2 is 2.16 bits per heavy atom. The SMILES string of the molecule is Cc1noc(C2CCN(Cc3ccncc3F)CCN2S(C)(=O)=O)n1. The summed E-state index contributed by atoms with van der Waals surface area (Å²) in [5.74, 6) is 0.388. The maximum Gasteiger partial charge on any atom is 0.245 e. The van der Waals surface area contributed by atoms with E-state index in [4.69, 9.17) is 4.52 Å². The van der Waals surface area contributed by atoms with E-state index in [1.54, 1.807) is 19.2 Å². The molecule has 2 aromatic rings. The van der Waals surface area contributed by atoms with Gasteiger partial charge in [-0.1, -0.05) is 5.16 Å². The number of pyridine rings is 1.